The molecule has 1 heterocycles. The third-order valence-corrected chi connectivity index (χ3v) is 5.72. The number of hydrogen-bond donors (Lipinski definition) is 4. The third-order valence-electron chi connectivity index (χ3n) is 4.75. The summed E-state index contributed by atoms with van der Waals surface area (Å²) in [6.07, 6.45) is 3.71. The average Bonchev–Trinajstić information content (AvgIpc) is 2.79. The highest BCUT2D eigenvalue weighted by Gasteiger charge is 2.16. The van der Waals surface area contributed by atoms with E-state index < -0.39 is 7.60 Å². The number of aromatic nitrogens is 1. The molecule has 0 spiro atoms. The Morgan fingerprint density at radius 1 is 0.788 bits per heavy atom. The number of rotatable bonds is 10. The van der Waals surface area contributed by atoms with Crippen LogP contribution in [0.3, 0.4) is 0 Å². The first kappa shape index (κ1) is 26.8. The summed E-state index contributed by atoms with van der Waals surface area (Å²) < 4.78 is 13.2. The van der Waals surface area contributed by atoms with Crippen LogP contribution in [0.15, 0.2) is 83.3 Å². The summed E-state index contributed by atoms with van der Waals surface area (Å²) >= 11 is 0. The fourth-order valence-electron chi connectivity index (χ4n) is 3.08. The van der Waals surface area contributed by atoms with Crippen molar-refractivity contribution in [3.63, 3.8) is 0 Å². The summed E-state index contributed by atoms with van der Waals surface area (Å²) in [6, 6.07) is 17.3. The van der Waals surface area contributed by atoms with Crippen molar-refractivity contribution in [2.24, 2.45) is 10.2 Å². The Labute approximate surface area is 202 Å². The van der Waals surface area contributed by atoms with E-state index in [9.17, 15) is 14.4 Å². The second kappa shape index (κ2) is 12.7. The lowest BCUT2D eigenvalue weighted by atomic mass is 10.2. The Kier molecular flexibility index (Phi) is 10.3. The molecule has 33 heavy (non-hydrogen) atoms. The molecule has 0 aliphatic carbocycles. The van der Waals surface area contributed by atoms with E-state index in [2.05, 4.69) is 10.2 Å². The number of halogens is 1. The Bertz CT molecular complexity index is 1070. The highest BCUT2D eigenvalue weighted by molar-refractivity contribution is 7.60. The molecule has 1 aromatic heterocycles. The van der Waals surface area contributed by atoms with E-state index >= 15 is 0 Å². The lowest BCUT2D eigenvalue weighted by Crippen LogP contribution is -3.00. The molecule has 0 saturated heterocycles. The van der Waals surface area contributed by atoms with Crippen LogP contribution in [0.5, 0.6) is 0 Å². The molecule has 3 aromatic rings. The minimum atomic E-state index is -4.23. The standard InChI is InChI=1S/C22H25N4O5P.BrH/c27-15-13-26(14-16-28)21-5-3-19(4-6-21)23-24-20-9-11-25(12-10-20)17-18-1-7-22(8-2-18)32(29,30)31;/h1-12,27-28H,13-17H2,(H-,29,30,31);1H. The van der Waals surface area contributed by atoms with Gasteiger partial charge in [0, 0.05) is 36.5 Å². The molecular formula is C22H26BrN4O5P. The van der Waals surface area contributed by atoms with Gasteiger partial charge in [0.25, 0.3) is 0 Å². The minimum Gasteiger partial charge on any atom is -1.00 e. The molecule has 176 valence electrons. The van der Waals surface area contributed by atoms with Gasteiger partial charge in [-0.2, -0.15) is 10.2 Å². The van der Waals surface area contributed by atoms with Crippen molar-refractivity contribution >= 4 is 30.0 Å². The van der Waals surface area contributed by atoms with Gasteiger partial charge in [0.1, 0.15) is 0 Å². The van der Waals surface area contributed by atoms with E-state index in [1.807, 2.05) is 58.3 Å². The predicted octanol–water partition coefficient (Wildman–Crippen LogP) is -0.964. The zero-order chi connectivity index (χ0) is 23.0. The molecule has 0 aliphatic heterocycles. The Balaban J connectivity index is 0.00000385. The molecule has 0 unspecified atom stereocenters. The number of benzene rings is 2. The minimum absolute atomic E-state index is 0. The normalized spacial score (nSPS) is 11.4. The van der Waals surface area contributed by atoms with E-state index in [0.717, 1.165) is 11.3 Å². The van der Waals surface area contributed by atoms with Gasteiger partial charge >= 0.3 is 7.60 Å². The van der Waals surface area contributed by atoms with Gasteiger partial charge in [-0.15, -0.1) is 0 Å². The number of anilines is 1. The van der Waals surface area contributed by atoms with Gasteiger partial charge < -0.3 is 41.9 Å². The molecule has 11 heteroatoms. The van der Waals surface area contributed by atoms with Crippen LogP contribution in [-0.4, -0.2) is 46.3 Å². The van der Waals surface area contributed by atoms with Gasteiger partial charge in [0.05, 0.1) is 29.9 Å². The summed E-state index contributed by atoms with van der Waals surface area (Å²) in [6.45, 7) is 1.46. The number of hydrogen-bond acceptors (Lipinski definition) is 6. The second-order valence-corrected chi connectivity index (χ2v) is 8.69. The van der Waals surface area contributed by atoms with Crippen LogP contribution in [0.25, 0.3) is 0 Å². The van der Waals surface area contributed by atoms with E-state index in [-0.39, 0.29) is 35.5 Å². The number of aliphatic hydroxyl groups is 2. The molecule has 4 N–H and O–H groups in total. The van der Waals surface area contributed by atoms with Crippen molar-refractivity contribution in [1.82, 2.24) is 0 Å². The molecule has 9 nitrogen and oxygen atoms in total. The largest absolute Gasteiger partial charge is 1.00 e. The zero-order valence-corrected chi connectivity index (χ0v) is 20.3. The zero-order valence-electron chi connectivity index (χ0n) is 17.8. The molecule has 3 rings (SSSR count). The van der Waals surface area contributed by atoms with E-state index in [1.54, 1.807) is 12.1 Å². The molecule has 0 amide bonds. The van der Waals surface area contributed by atoms with Crippen LogP contribution in [0.4, 0.5) is 17.1 Å². The maximum Gasteiger partial charge on any atom is 0.356 e. The quantitative estimate of drug-likeness (QED) is 0.150. The third kappa shape index (κ3) is 8.12. The monoisotopic (exact) mass is 536 g/mol. The van der Waals surface area contributed by atoms with E-state index in [4.69, 9.17) is 10.2 Å². The van der Waals surface area contributed by atoms with Gasteiger partial charge in [-0.05, 0) is 36.4 Å². The Morgan fingerprint density at radius 3 is 1.79 bits per heavy atom. The SMILES string of the molecule is O=P(O)(O)c1ccc(C[n+]2ccc(N=Nc3ccc(N(CCO)CCO)cc3)cc2)cc1.[Br-]. The predicted molar refractivity (Wildman–Crippen MR) is 121 cm³/mol. The number of azo groups is 1. The lowest BCUT2D eigenvalue weighted by Gasteiger charge is -2.22. The first-order chi connectivity index (χ1) is 15.4. The first-order valence-electron chi connectivity index (χ1n) is 10.0. The van der Waals surface area contributed by atoms with Crippen LogP contribution in [0, 0.1) is 0 Å². The summed E-state index contributed by atoms with van der Waals surface area (Å²) in [4.78, 5) is 20.2. The maximum absolute atomic E-state index is 11.3. The highest BCUT2D eigenvalue weighted by Crippen LogP contribution is 2.32. The van der Waals surface area contributed by atoms with Gasteiger partial charge in [-0.3, -0.25) is 4.57 Å². The molecule has 0 atom stereocenters. The molecule has 0 bridgehead atoms. The van der Waals surface area contributed by atoms with Crippen molar-refractivity contribution in [2.45, 2.75) is 6.54 Å². The Morgan fingerprint density at radius 2 is 1.30 bits per heavy atom. The molecular weight excluding hydrogens is 511 g/mol. The summed E-state index contributed by atoms with van der Waals surface area (Å²) in [5.74, 6) is 0. The summed E-state index contributed by atoms with van der Waals surface area (Å²) in [5, 5.41) is 26.8. The summed E-state index contributed by atoms with van der Waals surface area (Å²) in [7, 11) is -4.23. The van der Waals surface area contributed by atoms with Gasteiger partial charge in [0.2, 0.25) is 0 Å². The first-order valence-corrected chi connectivity index (χ1v) is 11.6. The van der Waals surface area contributed by atoms with Crippen molar-refractivity contribution in [3.8, 4) is 0 Å². The van der Waals surface area contributed by atoms with Crippen LogP contribution in [0.2, 0.25) is 0 Å². The molecule has 0 aliphatic rings. The molecule has 2 aromatic carbocycles. The van der Waals surface area contributed by atoms with Crippen LogP contribution in [0.1, 0.15) is 5.56 Å². The molecule has 0 fully saturated rings. The van der Waals surface area contributed by atoms with Crippen molar-refractivity contribution in [1.29, 1.82) is 0 Å². The van der Waals surface area contributed by atoms with Crippen LogP contribution < -0.4 is 31.8 Å². The van der Waals surface area contributed by atoms with Gasteiger partial charge in [-0.25, -0.2) is 4.57 Å². The summed E-state index contributed by atoms with van der Waals surface area (Å²) in [5.41, 5.74) is 3.17. The molecule has 0 radical (unpaired) electrons. The Hall–Kier alpha value is -2.46. The van der Waals surface area contributed by atoms with Crippen molar-refractivity contribution in [3.05, 3.63) is 78.6 Å². The van der Waals surface area contributed by atoms with Crippen LogP contribution in [-0.2, 0) is 11.1 Å². The van der Waals surface area contributed by atoms with Gasteiger partial charge in [0.15, 0.2) is 18.9 Å². The smallest absolute Gasteiger partial charge is 0.356 e. The lowest BCUT2D eigenvalue weighted by molar-refractivity contribution is -0.688. The molecule has 0 saturated carbocycles. The fraction of sp³-hybridized carbons (Fsp3) is 0.227. The van der Waals surface area contributed by atoms with Crippen LogP contribution >= 0.6 is 7.60 Å². The maximum atomic E-state index is 11.3. The number of aliphatic hydroxyl groups excluding tert-OH is 2. The van der Waals surface area contributed by atoms with E-state index in [1.165, 1.54) is 12.1 Å². The average molecular weight is 537 g/mol. The highest BCUT2D eigenvalue weighted by atomic mass is 79.9. The van der Waals surface area contributed by atoms with Crippen molar-refractivity contribution in [2.75, 3.05) is 31.2 Å². The topological polar surface area (TPSA) is 130 Å². The number of nitrogens with zero attached hydrogens (tertiary/aromatic N) is 4. The van der Waals surface area contributed by atoms with Gasteiger partial charge in [-0.1, -0.05) is 12.1 Å². The fourth-order valence-corrected chi connectivity index (χ4v) is 3.62. The van der Waals surface area contributed by atoms with E-state index in [0.29, 0.717) is 31.0 Å². The van der Waals surface area contributed by atoms with Crippen molar-refractivity contribution < 1.29 is 46.1 Å². The number of pyridine rings is 1. The second-order valence-electron chi connectivity index (χ2n) is 7.09.